The molecule has 2 atom stereocenters. The van der Waals surface area contributed by atoms with Gasteiger partial charge in [0.05, 0.1) is 6.10 Å². The molecule has 0 amide bonds. The van der Waals surface area contributed by atoms with Crippen molar-refractivity contribution in [1.82, 2.24) is 5.32 Å². The first-order valence-corrected chi connectivity index (χ1v) is 7.37. The smallest absolute Gasteiger partial charge is 0.127 e. The molecule has 0 aliphatic heterocycles. The molecule has 0 fully saturated rings. The fourth-order valence-electron chi connectivity index (χ4n) is 2.59. The Balaban J connectivity index is 2.96. The Hall–Kier alpha value is -0.640. The lowest BCUT2D eigenvalue weighted by Gasteiger charge is -2.36. The first kappa shape index (κ1) is 17.4. The maximum absolute atomic E-state index is 14.0. The number of nitrogens with one attached hydrogen (secondary N) is 1. The van der Waals surface area contributed by atoms with Crippen LogP contribution in [-0.2, 0) is 11.2 Å². The van der Waals surface area contributed by atoms with Crippen LogP contribution in [0.2, 0.25) is 5.02 Å². The Morgan fingerprint density at radius 3 is 2.45 bits per heavy atom. The van der Waals surface area contributed by atoms with Crippen LogP contribution in [0.4, 0.5) is 4.39 Å². The molecule has 1 N–H and O–H groups in total. The Bertz CT molecular complexity index is 431. The van der Waals surface area contributed by atoms with E-state index in [-0.39, 0.29) is 23.4 Å². The van der Waals surface area contributed by atoms with Crippen molar-refractivity contribution in [3.63, 3.8) is 0 Å². The summed E-state index contributed by atoms with van der Waals surface area (Å²) in [5.74, 6) is -0.260. The van der Waals surface area contributed by atoms with Crippen molar-refractivity contribution >= 4 is 11.6 Å². The van der Waals surface area contributed by atoms with E-state index in [0.29, 0.717) is 17.0 Å². The van der Waals surface area contributed by atoms with Gasteiger partial charge >= 0.3 is 0 Å². The number of methoxy groups -OCH3 is 1. The molecule has 0 spiro atoms. The largest absolute Gasteiger partial charge is 0.379 e. The van der Waals surface area contributed by atoms with E-state index in [1.807, 2.05) is 6.92 Å². The molecule has 2 nitrogen and oxygen atoms in total. The van der Waals surface area contributed by atoms with E-state index in [9.17, 15) is 4.39 Å². The van der Waals surface area contributed by atoms with Crippen molar-refractivity contribution in [3.05, 3.63) is 34.6 Å². The Morgan fingerprint density at radius 1 is 1.35 bits per heavy atom. The van der Waals surface area contributed by atoms with Crippen LogP contribution < -0.4 is 5.32 Å². The lowest BCUT2D eigenvalue weighted by Crippen LogP contribution is -2.49. The third-order valence-electron chi connectivity index (χ3n) is 3.39. The number of benzene rings is 1. The topological polar surface area (TPSA) is 21.3 Å². The molecule has 0 saturated heterocycles. The summed E-state index contributed by atoms with van der Waals surface area (Å²) in [4.78, 5) is 0. The molecule has 20 heavy (non-hydrogen) atoms. The average Bonchev–Trinajstić information content (AvgIpc) is 2.32. The molecule has 0 saturated carbocycles. The van der Waals surface area contributed by atoms with E-state index >= 15 is 0 Å². The fraction of sp³-hybridized carbons (Fsp3) is 0.625. The summed E-state index contributed by atoms with van der Waals surface area (Å²) in [6.45, 7) is 9.24. The van der Waals surface area contributed by atoms with Crippen LogP contribution in [0, 0.1) is 11.2 Å². The van der Waals surface area contributed by atoms with Crippen molar-refractivity contribution in [3.8, 4) is 0 Å². The highest BCUT2D eigenvalue weighted by Crippen LogP contribution is 2.27. The molecule has 1 rings (SSSR count). The van der Waals surface area contributed by atoms with Gasteiger partial charge in [0.15, 0.2) is 0 Å². The summed E-state index contributed by atoms with van der Waals surface area (Å²) in [7, 11) is 1.71. The van der Waals surface area contributed by atoms with Gasteiger partial charge in [0.1, 0.15) is 5.82 Å². The highest BCUT2D eigenvalue weighted by atomic mass is 35.5. The van der Waals surface area contributed by atoms with Crippen LogP contribution in [0.25, 0.3) is 0 Å². The number of rotatable bonds is 6. The minimum Gasteiger partial charge on any atom is -0.379 e. The number of hydrogen-bond donors (Lipinski definition) is 1. The van der Waals surface area contributed by atoms with E-state index in [0.717, 1.165) is 6.54 Å². The minimum atomic E-state index is -0.260. The van der Waals surface area contributed by atoms with Gasteiger partial charge in [-0.05, 0) is 36.1 Å². The lowest BCUT2D eigenvalue weighted by atomic mass is 9.82. The maximum Gasteiger partial charge on any atom is 0.127 e. The quantitative estimate of drug-likeness (QED) is 0.855. The van der Waals surface area contributed by atoms with Gasteiger partial charge in [0, 0.05) is 18.2 Å². The van der Waals surface area contributed by atoms with Gasteiger partial charge < -0.3 is 10.1 Å². The molecule has 0 aliphatic rings. The predicted molar refractivity (Wildman–Crippen MR) is 82.8 cm³/mol. The number of likely N-dealkylation sites (N-methyl/N-ethyl adjacent to an activating group) is 1. The van der Waals surface area contributed by atoms with Crippen molar-refractivity contribution in [2.24, 2.45) is 5.41 Å². The predicted octanol–water partition coefficient (Wildman–Crippen LogP) is 4.06. The third-order valence-corrected chi connectivity index (χ3v) is 3.63. The van der Waals surface area contributed by atoms with Crippen LogP contribution >= 0.6 is 11.6 Å². The lowest BCUT2D eigenvalue weighted by molar-refractivity contribution is -0.0108. The van der Waals surface area contributed by atoms with Crippen molar-refractivity contribution < 1.29 is 9.13 Å². The second-order valence-electron chi connectivity index (χ2n) is 6.13. The minimum absolute atomic E-state index is 0.00229. The van der Waals surface area contributed by atoms with E-state index in [1.54, 1.807) is 19.2 Å². The number of ether oxygens (including phenoxy) is 1. The molecule has 0 aromatic heterocycles. The van der Waals surface area contributed by atoms with E-state index in [4.69, 9.17) is 16.3 Å². The average molecular weight is 302 g/mol. The zero-order valence-corrected chi connectivity index (χ0v) is 13.7. The third kappa shape index (κ3) is 4.72. The fourth-order valence-corrected chi connectivity index (χ4v) is 2.75. The normalized spacial score (nSPS) is 15.2. The Kier molecular flexibility index (Phi) is 6.44. The summed E-state index contributed by atoms with van der Waals surface area (Å²) in [5, 5.41) is 3.83. The molecular formula is C16H25ClFNO. The molecule has 0 radical (unpaired) electrons. The van der Waals surface area contributed by atoms with Crippen molar-refractivity contribution in [1.29, 1.82) is 0 Å². The summed E-state index contributed by atoms with van der Waals surface area (Å²) < 4.78 is 19.6. The van der Waals surface area contributed by atoms with Crippen molar-refractivity contribution in [2.45, 2.75) is 46.3 Å². The van der Waals surface area contributed by atoms with Gasteiger partial charge in [-0.15, -0.1) is 0 Å². The second-order valence-corrected chi connectivity index (χ2v) is 6.56. The van der Waals surface area contributed by atoms with Gasteiger partial charge in [-0.2, -0.15) is 0 Å². The van der Waals surface area contributed by atoms with E-state index < -0.39 is 0 Å². The van der Waals surface area contributed by atoms with E-state index in [2.05, 4.69) is 26.1 Å². The highest BCUT2D eigenvalue weighted by molar-refractivity contribution is 6.30. The van der Waals surface area contributed by atoms with Crippen LogP contribution in [0.3, 0.4) is 0 Å². The first-order chi connectivity index (χ1) is 9.29. The Morgan fingerprint density at radius 2 is 2.00 bits per heavy atom. The number of hydrogen-bond acceptors (Lipinski definition) is 2. The molecule has 2 unspecified atom stereocenters. The molecular weight excluding hydrogens is 277 g/mol. The number of halogens is 2. The monoisotopic (exact) mass is 301 g/mol. The molecule has 114 valence electrons. The molecule has 1 aromatic rings. The van der Waals surface area contributed by atoms with Crippen LogP contribution in [-0.4, -0.2) is 25.8 Å². The molecule has 0 bridgehead atoms. The van der Waals surface area contributed by atoms with Crippen LogP contribution in [0.5, 0.6) is 0 Å². The summed E-state index contributed by atoms with van der Waals surface area (Å²) in [5.41, 5.74) is 0.636. The van der Waals surface area contributed by atoms with Crippen LogP contribution in [0.1, 0.15) is 33.3 Å². The molecule has 0 aliphatic carbocycles. The van der Waals surface area contributed by atoms with Gasteiger partial charge in [-0.1, -0.05) is 45.4 Å². The van der Waals surface area contributed by atoms with Crippen LogP contribution in [0.15, 0.2) is 18.2 Å². The first-order valence-electron chi connectivity index (χ1n) is 6.99. The van der Waals surface area contributed by atoms with Gasteiger partial charge in [0.25, 0.3) is 0 Å². The second kappa shape index (κ2) is 7.39. The summed E-state index contributed by atoms with van der Waals surface area (Å²) in [6.07, 6.45) is 0.574. The zero-order chi connectivity index (χ0) is 15.3. The summed E-state index contributed by atoms with van der Waals surface area (Å²) in [6, 6.07) is 4.89. The van der Waals surface area contributed by atoms with Crippen molar-refractivity contribution in [2.75, 3.05) is 13.7 Å². The Labute approximate surface area is 126 Å². The molecule has 0 heterocycles. The highest BCUT2D eigenvalue weighted by Gasteiger charge is 2.32. The van der Waals surface area contributed by atoms with Gasteiger partial charge in [0.2, 0.25) is 0 Å². The molecule has 4 heteroatoms. The zero-order valence-electron chi connectivity index (χ0n) is 13.0. The molecule has 1 aromatic carbocycles. The SMILES string of the molecule is CCNC(Cc1ccc(Cl)cc1F)C(OC)C(C)(C)C. The maximum atomic E-state index is 14.0. The summed E-state index contributed by atoms with van der Waals surface area (Å²) >= 11 is 5.80. The standard InChI is InChI=1S/C16H25ClFNO/c1-6-19-14(15(20-5)16(2,3)4)9-11-7-8-12(17)10-13(11)18/h7-8,10,14-15,19H,6,9H2,1-5H3. The van der Waals surface area contributed by atoms with Gasteiger partial charge in [-0.3, -0.25) is 0 Å². The van der Waals surface area contributed by atoms with Gasteiger partial charge in [-0.25, -0.2) is 4.39 Å². The van der Waals surface area contributed by atoms with E-state index in [1.165, 1.54) is 6.07 Å².